The molecule has 2 aromatic rings. The Kier molecular flexibility index (Phi) is 4.92. The van der Waals surface area contributed by atoms with Crippen LogP contribution >= 0.6 is 0 Å². The lowest BCUT2D eigenvalue weighted by Gasteiger charge is -2.51. The van der Waals surface area contributed by atoms with E-state index in [0.29, 0.717) is 0 Å². The van der Waals surface area contributed by atoms with Gasteiger partial charge in [0.2, 0.25) is 11.8 Å². The summed E-state index contributed by atoms with van der Waals surface area (Å²) in [6.45, 7) is 16.1. The number of rotatable bonds is 1. The molecule has 0 aliphatic carbocycles. The van der Waals surface area contributed by atoms with Crippen LogP contribution in [0.15, 0.2) is 48.5 Å². The molecule has 0 bridgehead atoms. The zero-order valence-corrected chi connectivity index (χ0v) is 20.5. The lowest BCUT2D eigenvalue weighted by Crippen LogP contribution is -2.55. The van der Waals surface area contributed by atoms with Crippen molar-refractivity contribution in [3.8, 4) is 0 Å². The summed E-state index contributed by atoms with van der Waals surface area (Å²) in [5.41, 5.74) is 5.63. The molecule has 4 rings (SSSR count). The molecule has 0 saturated carbocycles. The van der Waals surface area contributed by atoms with E-state index in [2.05, 4.69) is 84.0 Å². The van der Waals surface area contributed by atoms with E-state index in [0.717, 1.165) is 28.9 Å². The Morgan fingerprint density at radius 1 is 0.844 bits per heavy atom. The molecule has 0 radical (unpaired) electrons. The lowest BCUT2D eigenvalue weighted by atomic mass is 9.64. The van der Waals surface area contributed by atoms with Crippen molar-refractivity contribution < 1.29 is 9.59 Å². The van der Waals surface area contributed by atoms with Crippen LogP contribution in [0.2, 0.25) is 0 Å². The molecule has 2 amide bonds. The molecule has 2 heterocycles. The van der Waals surface area contributed by atoms with Gasteiger partial charge in [-0.05, 0) is 75.9 Å². The van der Waals surface area contributed by atoms with Crippen molar-refractivity contribution in [1.82, 2.24) is 0 Å². The molecule has 168 valence electrons. The fraction of sp³-hybridized carbons (Fsp3) is 0.429. The van der Waals surface area contributed by atoms with Gasteiger partial charge >= 0.3 is 0 Å². The number of carbonyl (C=O) groups is 2. The predicted octanol–water partition coefficient (Wildman–Crippen LogP) is 6.08. The molecule has 2 aliphatic heterocycles. The van der Waals surface area contributed by atoms with Gasteiger partial charge in [0.05, 0.1) is 11.2 Å². The van der Waals surface area contributed by atoms with Gasteiger partial charge in [0.25, 0.3) is 0 Å². The van der Waals surface area contributed by atoms with Crippen LogP contribution < -0.4 is 9.80 Å². The van der Waals surface area contributed by atoms with Gasteiger partial charge in [0.1, 0.15) is 0 Å². The Labute approximate surface area is 191 Å². The molecule has 0 N–H and O–H groups in total. The first-order valence-electron chi connectivity index (χ1n) is 11.3. The standard InChI is InChI=1S/C28H34N2O2/c1-18-16-26(4,5)29(19(2)31)24-14-13-21(15-22(18)24)28(8)17-27(6,7)30(20(3)32)25-12-10-9-11-23(25)28/h9-16H,17H2,1-8H3/t28-/m1/s1. The molecule has 0 spiro atoms. The average Bonchev–Trinajstić information content (AvgIpc) is 2.65. The van der Waals surface area contributed by atoms with Crippen LogP contribution in [0.4, 0.5) is 11.4 Å². The van der Waals surface area contributed by atoms with E-state index < -0.39 is 0 Å². The Morgan fingerprint density at radius 2 is 1.47 bits per heavy atom. The quantitative estimate of drug-likeness (QED) is 0.550. The van der Waals surface area contributed by atoms with Crippen molar-refractivity contribution in [3.05, 3.63) is 65.2 Å². The third-order valence-electron chi connectivity index (χ3n) is 7.21. The second-order valence-corrected chi connectivity index (χ2v) is 10.8. The number of hydrogen-bond acceptors (Lipinski definition) is 2. The van der Waals surface area contributed by atoms with E-state index >= 15 is 0 Å². The summed E-state index contributed by atoms with van der Waals surface area (Å²) in [5, 5.41) is 0. The second-order valence-electron chi connectivity index (χ2n) is 10.8. The number of hydrogen-bond donors (Lipinski definition) is 0. The molecule has 4 nitrogen and oxygen atoms in total. The SMILES string of the molecule is CC(=O)N1c2ccc([C@@]3(C)CC(C)(C)N(C(C)=O)c4ccccc43)cc2C(C)=CC1(C)C. The van der Waals surface area contributed by atoms with Crippen molar-refractivity contribution in [3.63, 3.8) is 0 Å². The molecule has 0 unspecified atom stereocenters. The number of fused-ring (bicyclic) bond motifs is 2. The first-order chi connectivity index (χ1) is 14.8. The van der Waals surface area contributed by atoms with E-state index in [1.54, 1.807) is 13.8 Å². The van der Waals surface area contributed by atoms with Crippen LogP contribution in [0, 0.1) is 0 Å². The van der Waals surface area contributed by atoms with Crippen LogP contribution in [0.5, 0.6) is 0 Å². The highest BCUT2D eigenvalue weighted by Gasteiger charge is 2.47. The molecule has 32 heavy (non-hydrogen) atoms. The van der Waals surface area contributed by atoms with Gasteiger partial charge in [-0.3, -0.25) is 9.59 Å². The van der Waals surface area contributed by atoms with Crippen LogP contribution in [-0.2, 0) is 15.0 Å². The Balaban J connectivity index is 1.93. The minimum Gasteiger partial charge on any atom is -0.307 e. The predicted molar refractivity (Wildman–Crippen MR) is 132 cm³/mol. The fourth-order valence-electron chi connectivity index (χ4n) is 6.30. The summed E-state index contributed by atoms with van der Waals surface area (Å²) in [4.78, 5) is 29.0. The van der Waals surface area contributed by atoms with Crippen molar-refractivity contribution in [2.45, 2.75) is 78.3 Å². The summed E-state index contributed by atoms with van der Waals surface area (Å²) in [6.07, 6.45) is 2.99. The second kappa shape index (κ2) is 7.06. The fourth-order valence-corrected chi connectivity index (χ4v) is 6.30. The van der Waals surface area contributed by atoms with Crippen LogP contribution in [0.3, 0.4) is 0 Å². The van der Waals surface area contributed by atoms with Crippen molar-refractivity contribution in [1.29, 1.82) is 0 Å². The van der Waals surface area contributed by atoms with E-state index in [-0.39, 0.29) is 28.3 Å². The highest BCUT2D eigenvalue weighted by Crippen LogP contribution is 2.51. The van der Waals surface area contributed by atoms with Gasteiger partial charge < -0.3 is 9.80 Å². The summed E-state index contributed by atoms with van der Waals surface area (Å²) in [7, 11) is 0. The molecule has 0 aromatic heterocycles. The maximum atomic E-state index is 12.6. The minimum atomic E-state index is -0.365. The molecular formula is C28H34N2O2. The van der Waals surface area contributed by atoms with Crippen molar-refractivity contribution >= 4 is 28.8 Å². The van der Waals surface area contributed by atoms with Gasteiger partial charge in [-0.2, -0.15) is 0 Å². The van der Waals surface area contributed by atoms with Crippen LogP contribution in [-0.4, -0.2) is 22.9 Å². The number of carbonyl (C=O) groups excluding carboxylic acids is 2. The summed E-state index contributed by atoms with van der Waals surface area (Å²) < 4.78 is 0. The molecule has 2 aliphatic rings. The number of nitrogens with zero attached hydrogens (tertiary/aromatic N) is 2. The maximum absolute atomic E-state index is 12.6. The number of anilines is 2. The van der Waals surface area contributed by atoms with Gasteiger partial charge in [-0.1, -0.05) is 37.3 Å². The number of allylic oxidation sites excluding steroid dienone is 1. The topological polar surface area (TPSA) is 40.6 Å². The Bertz CT molecular complexity index is 1160. The summed E-state index contributed by atoms with van der Waals surface area (Å²) >= 11 is 0. The normalized spacial score (nSPS) is 23.2. The summed E-state index contributed by atoms with van der Waals surface area (Å²) in [5.74, 6) is 0.105. The first kappa shape index (κ1) is 22.3. The monoisotopic (exact) mass is 430 g/mol. The third kappa shape index (κ3) is 3.19. The lowest BCUT2D eigenvalue weighted by molar-refractivity contribution is -0.118. The number of amides is 2. The summed E-state index contributed by atoms with van der Waals surface area (Å²) in [6, 6.07) is 14.8. The third-order valence-corrected chi connectivity index (χ3v) is 7.21. The van der Waals surface area contributed by atoms with Gasteiger partial charge in [-0.25, -0.2) is 0 Å². The van der Waals surface area contributed by atoms with Gasteiger partial charge in [0, 0.05) is 36.1 Å². The highest BCUT2D eigenvalue weighted by atomic mass is 16.2. The molecule has 4 heteroatoms. The first-order valence-corrected chi connectivity index (χ1v) is 11.3. The van der Waals surface area contributed by atoms with Crippen LogP contribution in [0.25, 0.3) is 5.57 Å². The van der Waals surface area contributed by atoms with E-state index in [1.165, 1.54) is 11.1 Å². The van der Waals surface area contributed by atoms with Gasteiger partial charge in [-0.15, -0.1) is 0 Å². The molecular weight excluding hydrogens is 396 g/mol. The zero-order valence-electron chi connectivity index (χ0n) is 20.5. The smallest absolute Gasteiger partial charge is 0.224 e. The largest absolute Gasteiger partial charge is 0.307 e. The minimum absolute atomic E-state index is 0.0419. The van der Waals surface area contributed by atoms with Crippen molar-refractivity contribution in [2.75, 3.05) is 9.80 Å². The molecule has 1 atom stereocenters. The van der Waals surface area contributed by atoms with Gasteiger partial charge in [0.15, 0.2) is 0 Å². The maximum Gasteiger partial charge on any atom is 0.224 e. The Hall–Kier alpha value is -2.88. The average molecular weight is 431 g/mol. The highest BCUT2D eigenvalue weighted by molar-refractivity contribution is 5.99. The van der Waals surface area contributed by atoms with E-state index in [9.17, 15) is 9.59 Å². The number of para-hydroxylation sites is 1. The zero-order chi connectivity index (χ0) is 23.6. The van der Waals surface area contributed by atoms with E-state index in [4.69, 9.17) is 0 Å². The Morgan fingerprint density at radius 3 is 2.09 bits per heavy atom. The molecule has 0 saturated heterocycles. The van der Waals surface area contributed by atoms with Crippen molar-refractivity contribution in [2.24, 2.45) is 0 Å². The van der Waals surface area contributed by atoms with E-state index in [1.807, 2.05) is 15.9 Å². The molecule has 0 fully saturated rings. The number of benzene rings is 2. The molecule has 2 aromatic carbocycles. The van der Waals surface area contributed by atoms with Crippen LogP contribution in [0.1, 0.15) is 78.5 Å².